The van der Waals surface area contributed by atoms with Crippen molar-refractivity contribution in [2.45, 2.75) is 13.3 Å². The number of ether oxygens (including phenoxy) is 3. The highest BCUT2D eigenvalue weighted by Gasteiger charge is 2.12. The van der Waals surface area contributed by atoms with Gasteiger partial charge in [0.15, 0.2) is 18.1 Å². The van der Waals surface area contributed by atoms with Gasteiger partial charge in [0.25, 0.3) is 5.91 Å². The fraction of sp³-hybridized carbons (Fsp3) is 0.300. The molecule has 0 saturated heterocycles. The first-order valence-corrected chi connectivity index (χ1v) is 8.66. The number of hydrogen-bond acceptors (Lipinski definition) is 6. The molecule has 2 heterocycles. The van der Waals surface area contributed by atoms with Gasteiger partial charge in [-0.25, -0.2) is 4.79 Å². The Morgan fingerprint density at radius 2 is 1.96 bits per heavy atom. The van der Waals surface area contributed by atoms with Crippen LogP contribution in [0.1, 0.15) is 17.1 Å². The van der Waals surface area contributed by atoms with Crippen LogP contribution in [0.3, 0.4) is 0 Å². The van der Waals surface area contributed by atoms with E-state index in [0.29, 0.717) is 31.9 Å². The first kappa shape index (κ1) is 18.6. The van der Waals surface area contributed by atoms with Crippen LogP contribution in [0.25, 0.3) is 6.08 Å². The Morgan fingerprint density at radius 1 is 1.15 bits per heavy atom. The molecule has 0 unspecified atom stereocenters. The van der Waals surface area contributed by atoms with Gasteiger partial charge in [0, 0.05) is 12.6 Å². The Hall–Kier alpha value is -3.22. The lowest BCUT2D eigenvalue weighted by Crippen LogP contribution is -2.30. The van der Waals surface area contributed by atoms with Crippen LogP contribution in [0.2, 0.25) is 0 Å². The van der Waals surface area contributed by atoms with Gasteiger partial charge < -0.3 is 23.9 Å². The molecular formula is C20H21NO6. The van der Waals surface area contributed by atoms with Crippen LogP contribution >= 0.6 is 0 Å². The number of benzene rings is 1. The second-order valence-electron chi connectivity index (χ2n) is 5.97. The summed E-state index contributed by atoms with van der Waals surface area (Å²) in [7, 11) is 0. The van der Waals surface area contributed by atoms with Gasteiger partial charge in [-0.2, -0.15) is 0 Å². The van der Waals surface area contributed by atoms with E-state index in [0.717, 1.165) is 22.8 Å². The summed E-state index contributed by atoms with van der Waals surface area (Å²) in [4.78, 5) is 23.4. The molecule has 1 aliphatic rings. The lowest BCUT2D eigenvalue weighted by atomic mass is 10.1. The first-order valence-electron chi connectivity index (χ1n) is 8.66. The highest BCUT2D eigenvalue weighted by Crippen LogP contribution is 2.30. The number of hydrogen-bond donors (Lipinski definition) is 1. The maximum atomic E-state index is 11.8. The van der Waals surface area contributed by atoms with Gasteiger partial charge in [0.2, 0.25) is 0 Å². The number of fused-ring (bicyclic) bond motifs is 1. The first-order chi connectivity index (χ1) is 13.1. The van der Waals surface area contributed by atoms with Gasteiger partial charge in [0.1, 0.15) is 24.7 Å². The van der Waals surface area contributed by atoms with Gasteiger partial charge in [-0.15, -0.1) is 0 Å². The predicted octanol–water partition coefficient (Wildman–Crippen LogP) is 2.27. The van der Waals surface area contributed by atoms with Crippen molar-refractivity contribution in [3.05, 3.63) is 53.5 Å². The van der Waals surface area contributed by atoms with Crippen LogP contribution < -0.4 is 14.8 Å². The molecule has 27 heavy (non-hydrogen) atoms. The summed E-state index contributed by atoms with van der Waals surface area (Å²) in [5.41, 5.74) is 1.02. The number of carbonyl (C=O) groups is 2. The second kappa shape index (κ2) is 8.93. The second-order valence-corrected chi connectivity index (χ2v) is 5.97. The molecule has 142 valence electrons. The molecule has 1 aromatic carbocycles. The summed E-state index contributed by atoms with van der Waals surface area (Å²) in [6, 6.07) is 9.23. The van der Waals surface area contributed by atoms with Gasteiger partial charge in [-0.1, -0.05) is 6.07 Å². The molecular weight excluding hydrogens is 350 g/mol. The summed E-state index contributed by atoms with van der Waals surface area (Å²) in [5.74, 6) is 1.79. The fourth-order valence-electron chi connectivity index (χ4n) is 2.52. The summed E-state index contributed by atoms with van der Waals surface area (Å²) in [5, 5.41) is 2.71. The van der Waals surface area contributed by atoms with Crippen LogP contribution in [0.4, 0.5) is 0 Å². The number of nitrogens with one attached hydrogen (secondary N) is 1. The monoisotopic (exact) mass is 371 g/mol. The Bertz CT molecular complexity index is 839. The topological polar surface area (TPSA) is 87.0 Å². The third-order valence-electron chi connectivity index (χ3n) is 3.83. The van der Waals surface area contributed by atoms with Crippen LogP contribution in [-0.4, -0.2) is 38.2 Å². The quantitative estimate of drug-likeness (QED) is 0.593. The Kier molecular flexibility index (Phi) is 6.14. The van der Waals surface area contributed by atoms with E-state index in [9.17, 15) is 9.59 Å². The lowest BCUT2D eigenvalue weighted by molar-refractivity contribution is -0.143. The summed E-state index contributed by atoms with van der Waals surface area (Å²) in [6.07, 6.45) is 3.35. The highest BCUT2D eigenvalue weighted by atomic mass is 16.6. The molecule has 0 fully saturated rings. The molecule has 3 rings (SSSR count). The van der Waals surface area contributed by atoms with Crippen molar-refractivity contribution in [2.75, 3.05) is 26.4 Å². The molecule has 1 aromatic heterocycles. The molecule has 0 bridgehead atoms. The SMILES string of the molecule is Cc1ccc(/C=C/C(=O)OCC(=O)NCCc2ccc3c(c2)OCCO3)o1. The number of amides is 1. The maximum Gasteiger partial charge on any atom is 0.331 e. The summed E-state index contributed by atoms with van der Waals surface area (Å²) in [6.45, 7) is 2.99. The Morgan fingerprint density at radius 3 is 2.74 bits per heavy atom. The van der Waals surface area contributed by atoms with Crippen molar-refractivity contribution < 1.29 is 28.2 Å². The minimum absolute atomic E-state index is 0.332. The minimum atomic E-state index is -0.606. The molecule has 2 aromatic rings. The van der Waals surface area contributed by atoms with Gasteiger partial charge in [-0.3, -0.25) is 4.79 Å². The number of rotatable bonds is 7. The molecule has 0 atom stereocenters. The molecule has 0 spiro atoms. The number of furan rings is 1. The molecule has 0 saturated carbocycles. The van der Waals surface area contributed by atoms with Crippen LogP contribution in [0, 0.1) is 6.92 Å². The number of esters is 1. The van der Waals surface area contributed by atoms with E-state index in [1.165, 1.54) is 12.2 Å². The fourth-order valence-corrected chi connectivity index (χ4v) is 2.52. The summed E-state index contributed by atoms with van der Waals surface area (Å²) < 4.78 is 21.2. The Labute approximate surface area is 156 Å². The van der Waals surface area contributed by atoms with E-state index in [1.54, 1.807) is 12.1 Å². The molecule has 0 aliphatic carbocycles. The van der Waals surface area contributed by atoms with Crippen molar-refractivity contribution in [1.82, 2.24) is 5.32 Å². The average Bonchev–Trinajstić information content (AvgIpc) is 3.10. The average molecular weight is 371 g/mol. The van der Waals surface area contributed by atoms with Crippen molar-refractivity contribution >= 4 is 18.0 Å². The molecule has 7 heteroatoms. The van der Waals surface area contributed by atoms with Crippen molar-refractivity contribution in [2.24, 2.45) is 0 Å². The number of aryl methyl sites for hydroxylation is 1. The molecule has 1 N–H and O–H groups in total. The standard InChI is InChI=1S/C20H21NO6/c1-14-2-4-16(27-14)5-7-20(23)26-13-19(22)21-9-8-15-3-6-17-18(12-15)25-11-10-24-17/h2-7,12H,8-11,13H2,1H3,(H,21,22)/b7-5+. The zero-order valence-corrected chi connectivity index (χ0v) is 15.0. The molecule has 0 radical (unpaired) electrons. The van der Waals surface area contributed by atoms with Crippen LogP contribution in [0.5, 0.6) is 11.5 Å². The van der Waals surface area contributed by atoms with E-state index in [2.05, 4.69) is 5.32 Å². The zero-order chi connectivity index (χ0) is 19.1. The summed E-state index contributed by atoms with van der Waals surface area (Å²) >= 11 is 0. The Balaban J connectivity index is 1.36. The van der Waals surface area contributed by atoms with E-state index in [-0.39, 0.29) is 12.5 Å². The molecule has 1 aliphatic heterocycles. The van der Waals surface area contributed by atoms with Gasteiger partial charge in [-0.05, 0) is 49.2 Å². The predicted molar refractivity (Wildman–Crippen MR) is 97.6 cm³/mol. The lowest BCUT2D eigenvalue weighted by Gasteiger charge is -2.18. The van der Waals surface area contributed by atoms with Crippen LogP contribution in [-0.2, 0) is 20.7 Å². The van der Waals surface area contributed by atoms with Crippen LogP contribution in [0.15, 0.2) is 40.8 Å². The smallest absolute Gasteiger partial charge is 0.331 e. The molecule has 7 nitrogen and oxygen atoms in total. The van der Waals surface area contributed by atoms with Gasteiger partial charge in [0.05, 0.1) is 0 Å². The van der Waals surface area contributed by atoms with E-state index in [1.807, 2.05) is 25.1 Å². The third-order valence-corrected chi connectivity index (χ3v) is 3.83. The normalized spacial score (nSPS) is 12.8. The largest absolute Gasteiger partial charge is 0.486 e. The van der Waals surface area contributed by atoms with E-state index < -0.39 is 5.97 Å². The third kappa shape index (κ3) is 5.64. The number of carbonyl (C=O) groups excluding carboxylic acids is 2. The molecule has 1 amide bonds. The highest BCUT2D eigenvalue weighted by molar-refractivity contribution is 5.88. The van der Waals surface area contributed by atoms with Crippen molar-refractivity contribution in [3.63, 3.8) is 0 Å². The van der Waals surface area contributed by atoms with Crippen molar-refractivity contribution in [3.8, 4) is 11.5 Å². The maximum absolute atomic E-state index is 11.8. The van der Waals surface area contributed by atoms with E-state index in [4.69, 9.17) is 18.6 Å². The van der Waals surface area contributed by atoms with Crippen molar-refractivity contribution in [1.29, 1.82) is 0 Å². The van der Waals surface area contributed by atoms with Gasteiger partial charge >= 0.3 is 5.97 Å². The zero-order valence-electron chi connectivity index (χ0n) is 15.0. The minimum Gasteiger partial charge on any atom is -0.486 e. The van der Waals surface area contributed by atoms with E-state index >= 15 is 0 Å².